The van der Waals surface area contributed by atoms with E-state index in [1.807, 2.05) is 49.4 Å². The summed E-state index contributed by atoms with van der Waals surface area (Å²) in [6, 6.07) is 17.1. The molecule has 1 aliphatic heterocycles. The third kappa shape index (κ3) is 8.97. The van der Waals surface area contributed by atoms with E-state index in [4.69, 9.17) is 9.72 Å². The van der Waals surface area contributed by atoms with Crippen LogP contribution < -0.4 is 15.4 Å². The van der Waals surface area contributed by atoms with Crippen molar-refractivity contribution in [1.82, 2.24) is 24.8 Å². The maximum atomic E-state index is 12.2. The van der Waals surface area contributed by atoms with Crippen LogP contribution in [0.5, 0.6) is 5.75 Å². The van der Waals surface area contributed by atoms with Gasteiger partial charge in [0.2, 0.25) is 0 Å². The second-order valence-electron chi connectivity index (χ2n) is 11.1. The molecule has 4 aromatic rings. The van der Waals surface area contributed by atoms with E-state index in [-0.39, 0.29) is 0 Å². The van der Waals surface area contributed by atoms with Crippen molar-refractivity contribution < 1.29 is 14.6 Å². The van der Waals surface area contributed by atoms with E-state index in [1.54, 1.807) is 18.6 Å². The van der Waals surface area contributed by atoms with Gasteiger partial charge in [-0.2, -0.15) is 0 Å². The zero-order valence-electron chi connectivity index (χ0n) is 25.3. The van der Waals surface area contributed by atoms with Crippen molar-refractivity contribution >= 4 is 17.6 Å². The number of pyridine rings is 2. The van der Waals surface area contributed by atoms with Gasteiger partial charge in [-0.15, -0.1) is 0 Å². The van der Waals surface area contributed by atoms with Crippen LogP contribution in [-0.2, 0) is 17.6 Å². The maximum absolute atomic E-state index is 12.2. The number of aliphatic carboxylic acids is 1. The van der Waals surface area contributed by atoms with Crippen molar-refractivity contribution in [3.63, 3.8) is 0 Å². The van der Waals surface area contributed by atoms with E-state index in [2.05, 4.69) is 42.6 Å². The Bertz CT molecular complexity index is 1480. The van der Waals surface area contributed by atoms with Crippen molar-refractivity contribution in [2.75, 3.05) is 43.4 Å². The number of hydrogen-bond acceptors (Lipinski definition) is 9. The molecule has 0 radical (unpaired) electrons. The third-order valence-corrected chi connectivity index (χ3v) is 7.81. The summed E-state index contributed by atoms with van der Waals surface area (Å²) in [4.78, 5) is 32.5. The Kier molecular flexibility index (Phi) is 11.1. The molecule has 5 rings (SSSR count). The average molecular weight is 596 g/mol. The van der Waals surface area contributed by atoms with E-state index < -0.39 is 12.0 Å². The van der Waals surface area contributed by atoms with Gasteiger partial charge in [-0.25, -0.2) is 14.8 Å². The van der Waals surface area contributed by atoms with Gasteiger partial charge in [0.15, 0.2) is 0 Å². The predicted molar refractivity (Wildman–Crippen MR) is 172 cm³/mol. The Morgan fingerprint density at radius 2 is 1.91 bits per heavy atom. The average Bonchev–Trinajstić information content (AvgIpc) is 3.06. The normalized spacial score (nSPS) is 13.1. The van der Waals surface area contributed by atoms with Crippen LogP contribution in [0.1, 0.15) is 42.6 Å². The molecule has 0 saturated carbocycles. The Morgan fingerprint density at radius 1 is 1.02 bits per heavy atom. The first-order chi connectivity index (χ1) is 21.5. The second kappa shape index (κ2) is 15.8. The lowest BCUT2D eigenvalue weighted by molar-refractivity contribution is -0.138. The maximum Gasteiger partial charge on any atom is 0.326 e. The SMILES string of the molecule is Cc1ncccc1OCCN(CCCCc1ccc2c(n1)NCCC2)CC[C@H](Nc1cnc(-c2ccccc2)cn1)C(=O)O. The summed E-state index contributed by atoms with van der Waals surface area (Å²) in [5.41, 5.74) is 4.95. The van der Waals surface area contributed by atoms with Gasteiger partial charge in [0.1, 0.15) is 30.0 Å². The number of ether oxygens (including phenoxy) is 1. The molecule has 3 N–H and O–H groups in total. The minimum atomic E-state index is -0.923. The van der Waals surface area contributed by atoms with E-state index in [9.17, 15) is 9.90 Å². The smallest absolute Gasteiger partial charge is 0.326 e. The summed E-state index contributed by atoms with van der Waals surface area (Å²) >= 11 is 0. The molecule has 0 aliphatic carbocycles. The number of aryl methyl sites for hydroxylation is 3. The van der Waals surface area contributed by atoms with E-state index in [0.29, 0.717) is 31.9 Å². The van der Waals surface area contributed by atoms with Crippen LogP contribution in [-0.4, -0.2) is 74.7 Å². The number of benzene rings is 1. The molecule has 0 unspecified atom stereocenters. The summed E-state index contributed by atoms with van der Waals surface area (Å²) in [6.07, 6.45) is 10.5. The Morgan fingerprint density at radius 3 is 2.70 bits per heavy atom. The van der Waals surface area contributed by atoms with Gasteiger partial charge in [0, 0.05) is 37.1 Å². The van der Waals surface area contributed by atoms with Gasteiger partial charge >= 0.3 is 5.97 Å². The standard InChI is InChI=1S/C34H41N7O3/c1-25-31(13-8-17-35-25)44-22-21-41(19-6-5-12-28-15-14-27-11-7-18-36-33(27)39-28)20-16-29(34(42)43)40-32-24-37-30(23-38-32)26-9-3-2-4-10-26/h2-4,8-10,13-15,17,23-24,29H,5-7,11-12,16,18-22H2,1H3,(H,36,39)(H,38,40)(H,42,43)/t29-/m0/s1. The largest absolute Gasteiger partial charge is 0.490 e. The number of hydrogen-bond donors (Lipinski definition) is 3. The fourth-order valence-corrected chi connectivity index (χ4v) is 5.30. The number of carbonyl (C=O) groups is 1. The molecule has 4 heterocycles. The van der Waals surface area contributed by atoms with Crippen LogP contribution in [0.2, 0.25) is 0 Å². The molecule has 0 bridgehead atoms. The molecule has 0 fully saturated rings. The molecule has 10 nitrogen and oxygen atoms in total. The molecular formula is C34H41N7O3. The first-order valence-electron chi connectivity index (χ1n) is 15.4. The van der Waals surface area contributed by atoms with Crippen LogP contribution in [0.15, 0.2) is 73.2 Å². The number of carboxylic acids is 1. The van der Waals surface area contributed by atoms with Crippen molar-refractivity contribution in [3.8, 4) is 17.0 Å². The lowest BCUT2D eigenvalue weighted by Crippen LogP contribution is -2.37. The van der Waals surface area contributed by atoms with Crippen molar-refractivity contribution in [3.05, 3.63) is 90.1 Å². The minimum Gasteiger partial charge on any atom is -0.490 e. The highest BCUT2D eigenvalue weighted by Gasteiger charge is 2.20. The molecule has 0 spiro atoms. The molecule has 1 aliphatic rings. The van der Waals surface area contributed by atoms with Gasteiger partial charge in [0.05, 0.1) is 23.8 Å². The summed E-state index contributed by atoms with van der Waals surface area (Å²) < 4.78 is 6.02. The first kappa shape index (κ1) is 30.9. The highest BCUT2D eigenvalue weighted by atomic mass is 16.5. The summed E-state index contributed by atoms with van der Waals surface area (Å²) in [6.45, 7) is 5.49. The summed E-state index contributed by atoms with van der Waals surface area (Å²) in [5, 5.41) is 16.5. The fourth-order valence-electron chi connectivity index (χ4n) is 5.30. The molecule has 1 atom stereocenters. The lowest BCUT2D eigenvalue weighted by atomic mass is 10.1. The Hall–Kier alpha value is -4.57. The van der Waals surface area contributed by atoms with Crippen LogP contribution in [0.3, 0.4) is 0 Å². The molecule has 44 heavy (non-hydrogen) atoms. The van der Waals surface area contributed by atoms with Crippen molar-refractivity contribution in [2.45, 2.75) is 51.5 Å². The number of unbranched alkanes of at least 4 members (excludes halogenated alkanes) is 1. The molecule has 3 aromatic heterocycles. The molecule has 0 amide bonds. The quantitative estimate of drug-likeness (QED) is 0.148. The predicted octanol–water partition coefficient (Wildman–Crippen LogP) is 5.26. The minimum absolute atomic E-state index is 0.404. The molecular weight excluding hydrogens is 554 g/mol. The number of anilines is 2. The van der Waals surface area contributed by atoms with Crippen LogP contribution >= 0.6 is 0 Å². The van der Waals surface area contributed by atoms with E-state index >= 15 is 0 Å². The van der Waals surface area contributed by atoms with Crippen molar-refractivity contribution in [1.29, 1.82) is 0 Å². The highest BCUT2D eigenvalue weighted by molar-refractivity contribution is 5.76. The number of rotatable bonds is 16. The molecule has 230 valence electrons. The lowest BCUT2D eigenvalue weighted by Gasteiger charge is -2.25. The summed E-state index contributed by atoms with van der Waals surface area (Å²) in [5.74, 6) is 1.31. The van der Waals surface area contributed by atoms with Crippen LogP contribution in [0, 0.1) is 6.92 Å². The fraction of sp³-hybridized carbons (Fsp3) is 0.382. The van der Waals surface area contributed by atoms with Gasteiger partial charge in [-0.1, -0.05) is 36.4 Å². The van der Waals surface area contributed by atoms with E-state index in [0.717, 1.165) is 79.4 Å². The molecule has 1 aromatic carbocycles. The summed E-state index contributed by atoms with van der Waals surface area (Å²) in [7, 11) is 0. The topological polar surface area (TPSA) is 125 Å². The Balaban J connectivity index is 1.15. The third-order valence-electron chi connectivity index (χ3n) is 7.81. The first-order valence-corrected chi connectivity index (χ1v) is 15.4. The van der Waals surface area contributed by atoms with Crippen LogP contribution in [0.4, 0.5) is 11.6 Å². The number of nitrogens with zero attached hydrogens (tertiary/aromatic N) is 5. The monoisotopic (exact) mass is 595 g/mol. The number of carboxylic acid groups (broad SMARTS) is 1. The van der Waals surface area contributed by atoms with Gasteiger partial charge in [0.25, 0.3) is 0 Å². The van der Waals surface area contributed by atoms with Gasteiger partial charge < -0.3 is 20.5 Å². The number of nitrogens with one attached hydrogen (secondary N) is 2. The number of aromatic nitrogens is 4. The Labute approximate surface area is 259 Å². The molecule has 0 saturated heterocycles. The van der Waals surface area contributed by atoms with Crippen LogP contribution in [0.25, 0.3) is 11.3 Å². The van der Waals surface area contributed by atoms with Gasteiger partial charge in [-0.3, -0.25) is 14.9 Å². The second-order valence-corrected chi connectivity index (χ2v) is 11.1. The van der Waals surface area contributed by atoms with Gasteiger partial charge in [-0.05, 0) is 75.8 Å². The van der Waals surface area contributed by atoms with E-state index in [1.165, 1.54) is 5.56 Å². The number of fused-ring (bicyclic) bond motifs is 1. The highest BCUT2D eigenvalue weighted by Crippen LogP contribution is 2.21. The zero-order valence-corrected chi connectivity index (χ0v) is 25.3. The zero-order chi connectivity index (χ0) is 30.6. The molecule has 10 heteroatoms. The van der Waals surface area contributed by atoms with Crippen molar-refractivity contribution in [2.24, 2.45) is 0 Å².